The summed E-state index contributed by atoms with van der Waals surface area (Å²) in [6.45, 7) is -0.211. The average Bonchev–Trinajstić information content (AvgIpc) is 3.35. The van der Waals surface area contributed by atoms with Crippen molar-refractivity contribution >= 4 is 18.3 Å². The first-order valence-corrected chi connectivity index (χ1v) is 7.16. The maximum atomic E-state index is 12.6. The van der Waals surface area contributed by atoms with Crippen molar-refractivity contribution in [3.8, 4) is 0 Å². The Morgan fingerprint density at radius 3 is 2.79 bits per heavy atom. The van der Waals surface area contributed by atoms with Crippen LogP contribution in [0.1, 0.15) is 25.0 Å². The Morgan fingerprint density at radius 2 is 2.21 bits per heavy atom. The molecule has 2 rings (SSSR count). The van der Waals surface area contributed by atoms with Gasteiger partial charge in [-0.25, -0.2) is 15.0 Å². The first-order valence-electron chi connectivity index (χ1n) is 7.16. The number of nitrogens with zero attached hydrogens (tertiary/aromatic N) is 3. The normalized spacial score (nSPS) is 15.5. The summed E-state index contributed by atoms with van der Waals surface area (Å²) in [5.41, 5.74) is 3.27. The van der Waals surface area contributed by atoms with E-state index in [0.717, 1.165) is 19.0 Å². The monoisotopic (exact) mass is 347 g/mol. The standard InChI is InChI=1S/C13H16F3N5O3/c14-13(15,16)10-3-4-17-12(18-10)20-19-11(23)9(5-8-1-2-8)6-21(24)7-22/h3-4,7-9,24H,1-2,5-6H2,(H,19,23)(H,17,18,20)/t9-/m0/s1. The highest BCUT2D eigenvalue weighted by Crippen LogP contribution is 2.35. The topological polar surface area (TPSA) is 107 Å². The highest BCUT2D eigenvalue weighted by Gasteiger charge is 2.33. The van der Waals surface area contributed by atoms with Crippen LogP contribution in [0.4, 0.5) is 19.1 Å². The van der Waals surface area contributed by atoms with Gasteiger partial charge in [-0.1, -0.05) is 12.8 Å². The number of hydrogen-bond acceptors (Lipinski definition) is 6. The molecule has 1 heterocycles. The van der Waals surface area contributed by atoms with Gasteiger partial charge in [0.15, 0.2) is 0 Å². The number of rotatable bonds is 8. The van der Waals surface area contributed by atoms with Gasteiger partial charge in [-0.3, -0.25) is 25.6 Å². The molecule has 1 aromatic rings. The molecule has 1 saturated carbocycles. The third-order valence-corrected chi connectivity index (χ3v) is 3.46. The molecule has 8 nitrogen and oxygen atoms in total. The molecule has 1 aliphatic rings. The van der Waals surface area contributed by atoms with Crippen LogP contribution in [0.5, 0.6) is 0 Å². The lowest BCUT2D eigenvalue weighted by molar-refractivity contribution is -0.154. The number of nitrogens with one attached hydrogen (secondary N) is 2. The zero-order chi connectivity index (χ0) is 17.7. The average molecular weight is 347 g/mol. The van der Waals surface area contributed by atoms with Crippen molar-refractivity contribution in [2.75, 3.05) is 12.0 Å². The maximum Gasteiger partial charge on any atom is 0.433 e. The summed E-state index contributed by atoms with van der Waals surface area (Å²) in [7, 11) is 0. The summed E-state index contributed by atoms with van der Waals surface area (Å²) in [4.78, 5) is 29.4. The Bertz CT molecular complexity index is 594. The van der Waals surface area contributed by atoms with E-state index in [4.69, 9.17) is 0 Å². The summed E-state index contributed by atoms with van der Waals surface area (Å²) in [6, 6.07) is 0.705. The number of hydrazine groups is 1. The van der Waals surface area contributed by atoms with Crippen LogP contribution in [0.2, 0.25) is 0 Å². The summed E-state index contributed by atoms with van der Waals surface area (Å²) < 4.78 is 37.7. The number of alkyl halides is 3. The number of amides is 2. The van der Waals surface area contributed by atoms with Gasteiger partial charge in [-0.2, -0.15) is 13.2 Å². The van der Waals surface area contributed by atoms with Crippen LogP contribution in [0.3, 0.4) is 0 Å². The molecule has 11 heteroatoms. The molecular weight excluding hydrogens is 331 g/mol. The second-order valence-electron chi connectivity index (χ2n) is 5.48. The molecule has 1 aliphatic carbocycles. The van der Waals surface area contributed by atoms with E-state index in [1.807, 2.05) is 0 Å². The zero-order valence-electron chi connectivity index (χ0n) is 12.5. The van der Waals surface area contributed by atoms with Gasteiger partial charge in [0.2, 0.25) is 18.3 Å². The van der Waals surface area contributed by atoms with Crippen LogP contribution in [0.15, 0.2) is 12.3 Å². The Balaban J connectivity index is 1.95. The number of hydrogen-bond donors (Lipinski definition) is 3. The molecule has 3 N–H and O–H groups in total. The van der Waals surface area contributed by atoms with Gasteiger partial charge >= 0.3 is 6.18 Å². The molecule has 0 spiro atoms. The summed E-state index contributed by atoms with van der Waals surface area (Å²) in [5.74, 6) is -1.36. The quantitative estimate of drug-likeness (QED) is 0.371. The summed E-state index contributed by atoms with van der Waals surface area (Å²) in [5, 5.41) is 9.59. The lowest BCUT2D eigenvalue weighted by atomic mass is 10.0. The Hall–Kier alpha value is -2.43. The third kappa shape index (κ3) is 5.33. The second-order valence-corrected chi connectivity index (χ2v) is 5.48. The molecule has 0 bridgehead atoms. The predicted molar refractivity (Wildman–Crippen MR) is 74.2 cm³/mol. The van der Waals surface area contributed by atoms with Gasteiger partial charge in [0, 0.05) is 6.20 Å². The number of carbonyl (C=O) groups excluding carboxylic acids is 2. The highest BCUT2D eigenvalue weighted by atomic mass is 19.4. The van der Waals surface area contributed by atoms with Crippen LogP contribution >= 0.6 is 0 Å². The minimum absolute atomic E-state index is 0.177. The van der Waals surface area contributed by atoms with Crippen molar-refractivity contribution in [2.24, 2.45) is 11.8 Å². The van der Waals surface area contributed by atoms with E-state index in [2.05, 4.69) is 20.8 Å². The van der Waals surface area contributed by atoms with E-state index in [9.17, 15) is 28.0 Å². The Labute approximate surface area is 135 Å². The van der Waals surface area contributed by atoms with Gasteiger partial charge in [0.05, 0.1) is 12.5 Å². The van der Waals surface area contributed by atoms with E-state index in [1.165, 1.54) is 0 Å². The van der Waals surface area contributed by atoms with Gasteiger partial charge < -0.3 is 0 Å². The van der Waals surface area contributed by atoms with Crippen molar-refractivity contribution in [1.29, 1.82) is 0 Å². The van der Waals surface area contributed by atoms with Crippen LogP contribution < -0.4 is 10.9 Å². The van der Waals surface area contributed by atoms with Crippen molar-refractivity contribution in [3.63, 3.8) is 0 Å². The largest absolute Gasteiger partial charge is 0.433 e. The minimum atomic E-state index is -4.63. The molecular formula is C13H16F3N5O3. The molecule has 0 radical (unpaired) electrons. The van der Waals surface area contributed by atoms with Crippen LogP contribution in [0, 0.1) is 11.8 Å². The number of anilines is 1. The SMILES string of the molecule is O=CN(O)C[C@H](CC1CC1)C(=O)NNc1nccc(C(F)(F)F)n1. The molecule has 0 unspecified atom stereocenters. The molecule has 0 aromatic carbocycles. The van der Waals surface area contributed by atoms with Crippen molar-refractivity contribution < 1.29 is 28.0 Å². The summed E-state index contributed by atoms with van der Waals surface area (Å²) >= 11 is 0. The smallest absolute Gasteiger partial charge is 0.286 e. The molecule has 1 fully saturated rings. The van der Waals surface area contributed by atoms with E-state index in [-0.39, 0.29) is 13.0 Å². The van der Waals surface area contributed by atoms with Gasteiger partial charge in [-0.05, 0) is 18.4 Å². The molecule has 1 atom stereocenters. The molecule has 24 heavy (non-hydrogen) atoms. The zero-order valence-corrected chi connectivity index (χ0v) is 12.5. The van der Waals surface area contributed by atoms with Crippen LogP contribution in [-0.4, -0.2) is 39.1 Å². The molecule has 132 valence electrons. The Morgan fingerprint density at radius 1 is 1.50 bits per heavy atom. The number of carbonyl (C=O) groups is 2. The fraction of sp³-hybridized carbons (Fsp3) is 0.538. The lowest BCUT2D eigenvalue weighted by Gasteiger charge is -2.19. The van der Waals surface area contributed by atoms with E-state index in [1.54, 1.807) is 0 Å². The molecule has 0 saturated heterocycles. The Kier molecular flexibility index (Phi) is 5.54. The van der Waals surface area contributed by atoms with Crippen molar-refractivity contribution in [3.05, 3.63) is 18.0 Å². The summed E-state index contributed by atoms with van der Waals surface area (Å²) in [6.07, 6.45) is -1.16. The fourth-order valence-corrected chi connectivity index (χ4v) is 2.09. The lowest BCUT2D eigenvalue weighted by Crippen LogP contribution is -2.40. The molecule has 2 amide bonds. The van der Waals surface area contributed by atoms with E-state index < -0.39 is 29.6 Å². The minimum Gasteiger partial charge on any atom is -0.286 e. The highest BCUT2D eigenvalue weighted by molar-refractivity contribution is 5.80. The van der Waals surface area contributed by atoms with Gasteiger partial charge in [0.25, 0.3) is 0 Å². The molecule has 1 aromatic heterocycles. The number of hydroxylamine groups is 2. The second kappa shape index (κ2) is 7.43. The van der Waals surface area contributed by atoms with E-state index >= 15 is 0 Å². The van der Waals surface area contributed by atoms with Crippen molar-refractivity contribution in [2.45, 2.75) is 25.4 Å². The van der Waals surface area contributed by atoms with Crippen LogP contribution in [0.25, 0.3) is 0 Å². The van der Waals surface area contributed by atoms with Crippen molar-refractivity contribution in [1.82, 2.24) is 20.5 Å². The van der Waals surface area contributed by atoms with Gasteiger partial charge in [-0.15, -0.1) is 0 Å². The first-order chi connectivity index (χ1) is 11.3. The number of halogens is 3. The molecule has 0 aliphatic heterocycles. The first kappa shape index (κ1) is 17.9. The number of aromatic nitrogens is 2. The fourth-order valence-electron chi connectivity index (χ4n) is 2.09. The predicted octanol–water partition coefficient (Wildman–Crippen LogP) is 1.20. The maximum absolute atomic E-state index is 12.6. The van der Waals surface area contributed by atoms with Gasteiger partial charge in [0.1, 0.15) is 5.69 Å². The van der Waals surface area contributed by atoms with Crippen LogP contribution in [-0.2, 0) is 15.8 Å². The van der Waals surface area contributed by atoms with E-state index in [0.29, 0.717) is 23.5 Å². The third-order valence-electron chi connectivity index (χ3n) is 3.46.